The Balaban J connectivity index is 2.49. The van der Waals surface area contributed by atoms with Crippen molar-refractivity contribution in [3.05, 3.63) is 0 Å². The Hall–Kier alpha value is -0.770. The van der Waals surface area contributed by atoms with Crippen molar-refractivity contribution in [2.75, 3.05) is 20.2 Å². The van der Waals surface area contributed by atoms with Gasteiger partial charge >= 0.3 is 6.09 Å². The summed E-state index contributed by atoms with van der Waals surface area (Å²) < 4.78 is 4.69. The van der Waals surface area contributed by atoms with Gasteiger partial charge in [0.2, 0.25) is 0 Å². The number of hydrogen-bond donors (Lipinski definition) is 1. The molecule has 0 spiro atoms. The normalized spacial score (nSPS) is 27.8. The van der Waals surface area contributed by atoms with Crippen molar-refractivity contribution in [2.45, 2.75) is 25.8 Å². The lowest BCUT2D eigenvalue weighted by atomic mass is 9.98. The molecule has 0 bridgehead atoms. The van der Waals surface area contributed by atoms with Crippen LogP contribution in [0.5, 0.6) is 0 Å². The van der Waals surface area contributed by atoms with Gasteiger partial charge in [0.15, 0.2) is 0 Å². The third-order valence-electron chi connectivity index (χ3n) is 2.86. The second kappa shape index (κ2) is 4.46. The standard InChI is InChI=1S/C9H18N2O2/c1-7-8(3-5-10)4-6-11(7)9(12)13-2/h7-8H,3-6,10H2,1-2H3. The molecular formula is C9H18N2O2. The van der Waals surface area contributed by atoms with Crippen LogP contribution >= 0.6 is 0 Å². The molecule has 4 heteroatoms. The monoisotopic (exact) mass is 186 g/mol. The highest BCUT2D eigenvalue weighted by molar-refractivity contribution is 5.68. The molecule has 0 aliphatic carbocycles. The van der Waals surface area contributed by atoms with Crippen molar-refractivity contribution in [1.29, 1.82) is 0 Å². The molecule has 1 aliphatic rings. The number of hydrogen-bond acceptors (Lipinski definition) is 3. The van der Waals surface area contributed by atoms with Crippen LogP contribution in [0.1, 0.15) is 19.8 Å². The minimum Gasteiger partial charge on any atom is -0.453 e. The molecule has 2 N–H and O–H groups in total. The Labute approximate surface area is 79.0 Å². The van der Waals surface area contributed by atoms with Gasteiger partial charge in [0.1, 0.15) is 0 Å². The molecule has 2 atom stereocenters. The van der Waals surface area contributed by atoms with E-state index < -0.39 is 0 Å². The average Bonchev–Trinajstić information content (AvgIpc) is 2.48. The highest BCUT2D eigenvalue weighted by Gasteiger charge is 2.33. The van der Waals surface area contributed by atoms with Gasteiger partial charge < -0.3 is 15.4 Å². The van der Waals surface area contributed by atoms with Crippen LogP contribution in [0.15, 0.2) is 0 Å². The molecule has 1 rings (SSSR count). The number of ether oxygens (including phenoxy) is 1. The van der Waals surface area contributed by atoms with Crippen LogP contribution < -0.4 is 5.73 Å². The van der Waals surface area contributed by atoms with Gasteiger partial charge in [0.05, 0.1) is 7.11 Å². The molecule has 1 saturated heterocycles. The molecule has 0 saturated carbocycles. The fourth-order valence-corrected chi connectivity index (χ4v) is 1.98. The summed E-state index contributed by atoms with van der Waals surface area (Å²) in [6, 6.07) is 0.274. The lowest BCUT2D eigenvalue weighted by Gasteiger charge is -2.22. The Morgan fingerprint density at radius 2 is 2.38 bits per heavy atom. The molecule has 2 unspecified atom stereocenters. The number of carbonyl (C=O) groups is 1. The maximum absolute atomic E-state index is 11.2. The van der Waals surface area contributed by atoms with E-state index in [0.717, 1.165) is 19.4 Å². The smallest absolute Gasteiger partial charge is 0.409 e. The van der Waals surface area contributed by atoms with Crippen molar-refractivity contribution in [3.63, 3.8) is 0 Å². The average molecular weight is 186 g/mol. The lowest BCUT2D eigenvalue weighted by molar-refractivity contribution is 0.117. The van der Waals surface area contributed by atoms with E-state index in [1.165, 1.54) is 7.11 Å². The number of amides is 1. The van der Waals surface area contributed by atoms with Crippen LogP contribution in [0.2, 0.25) is 0 Å². The van der Waals surface area contributed by atoms with Gasteiger partial charge in [-0.1, -0.05) is 0 Å². The predicted octanol–water partition coefficient (Wildman–Crippen LogP) is 0.812. The first-order valence-corrected chi connectivity index (χ1v) is 4.75. The summed E-state index contributed by atoms with van der Waals surface area (Å²) in [6.45, 7) is 3.56. The molecular weight excluding hydrogens is 168 g/mol. The summed E-state index contributed by atoms with van der Waals surface area (Å²) in [4.78, 5) is 13.0. The SMILES string of the molecule is COC(=O)N1CCC(CCN)C1C. The zero-order valence-corrected chi connectivity index (χ0v) is 8.32. The lowest BCUT2D eigenvalue weighted by Crippen LogP contribution is -2.36. The maximum Gasteiger partial charge on any atom is 0.409 e. The molecule has 1 amide bonds. The van der Waals surface area contributed by atoms with E-state index >= 15 is 0 Å². The Morgan fingerprint density at radius 3 is 2.92 bits per heavy atom. The van der Waals surface area contributed by atoms with Crippen molar-refractivity contribution in [2.24, 2.45) is 11.7 Å². The Bertz CT molecular complexity index is 184. The molecule has 0 aromatic rings. The maximum atomic E-state index is 11.2. The Morgan fingerprint density at radius 1 is 1.69 bits per heavy atom. The van der Waals surface area contributed by atoms with Gasteiger partial charge in [-0.25, -0.2) is 4.79 Å². The summed E-state index contributed by atoms with van der Waals surface area (Å²) in [5, 5.41) is 0. The second-order valence-corrected chi connectivity index (χ2v) is 3.53. The number of carbonyl (C=O) groups excluding carboxylic acids is 1. The minimum atomic E-state index is -0.216. The summed E-state index contributed by atoms with van der Waals surface area (Å²) >= 11 is 0. The third kappa shape index (κ3) is 2.12. The van der Waals surface area contributed by atoms with Gasteiger partial charge in [-0.2, -0.15) is 0 Å². The zero-order chi connectivity index (χ0) is 9.84. The molecule has 76 valence electrons. The van der Waals surface area contributed by atoms with Crippen molar-refractivity contribution in [3.8, 4) is 0 Å². The van der Waals surface area contributed by atoms with Crippen LogP contribution in [0.4, 0.5) is 4.79 Å². The fraction of sp³-hybridized carbons (Fsp3) is 0.889. The highest BCUT2D eigenvalue weighted by Crippen LogP contribution is 2.26. The minimum absolute atomic E-state index is 0.216. The predicted molar refractivity (Wildman–Crippen MR) is 50.4 cm³/mol. The molecule has 4 nitrogen and oxygen atoms in total. The van der Waals surface area contributed by atoms with Gasteiger partial charge in [-0.05, 0) is 32.2 Å². The summed E-state index contributed by atoms with van der Waals surface area (Å²) in [5.41, 5.74) is 5.49. The second-order valence-electron chi connectivity index (χ2n) is 3.53. The summed E-state index contributed by atoms with van der Waals surface area (Å²) in [7, 11) is 1.42. The van der Waals surface area contributed by atoms with E-state index in [1.54, 1.807) is 4.90 Å². The van der Waals surface area contributed by atoms with Gasteiger partial charge in [-0.15, -0.1) is 0 Å². The number of likely N-dealkylation sites (tertiary alicyclic amines) is 1. The van der Waals surface area contributed by atoms with E-state index in [4.69, 9.17) is 5.73 Å². The number of nitrogens with two attached hydrogens (primary N) is 1. The fourth-order valence-electron chi connectivity index (χ4n) is 1.98. The van der Waals surface area contributed by atoms with Crippen LogP contribution in [-0.4, -0.2) is 37.2 Å². The highest BCUT2D eigenvalue weighted by atomic mass is 16.5. The molecule has 0 aromatic carbocycles. The Kier molecular flexibility index (Phi) is 3.54. The summed E-state index contributed by atoms with van der Waals surface area (Å²) in [6.07, 6.45) is 1.83. The van der Waals surface area contributed by atoms with E-state index in [1.807, 2.05) is 0 Å². The molecule has 0 aromatic heterocycles. The molecule has 13 heavy (non-hydrogen) atoms. The molecule has 1 aliphatic heterocycles. The van der Waals surface area contributed by atoms with Gasteiger partial charge in [-0.3, -0.25) is 0 Å². The first-order valence-electron chi connectivity index (χ1n) is 4.75. The van der Waals surface area contributed by atoms with E-state index in [-0.39, 0.29) is 12.1 Å². The van der Waals surface area contributed by atoms with Crippen molar-refractivity contribution < 1.29 is 9.53 Å². The largest absolute Gasteiger partial charge is 0.453 e. The zero-order valence-electron chi connectivity index (χ0n) is 8.32. The molecule has 1 heterocycles. The topological polar surface area (TPSA) is 55.6 Å². The van der Waals surface area contributed by atoms with Crippen LogP contribution in [0.25, 0.3) is 0 Å². The number of nitrogens with zero attached hydrogens (tertiary/aromatic N) is 1. The van der Waals surface area contributed by atoms with E-state index in [0.29, 0.717) is 12.5 Å². The quantitative estimate of drug-likeness (QED) is 0.694. The number of methoxy groups -OCH3 is 1. The van der Waals surface area contributed by atoms with Crippen molar-refractivity contribution >= 4 is 6.09 Å². The third-order valence-corrected chi connectivity index (χ3v) is 2.86. The molecule has 0 radical (unpaired) electrons. The number of rotatable bonds is 2. The van der Waals surface area contributed by atoms with Crippen molar-refractivity contribution in [1.82, 2.24) is 4.90 Å². The first kappa shape index (κ1) is 10.3. The van der Waals surface area contributed by atoms with Crippen LogP contribution in [0, 0.1) is 5.92 Å². The first-order chi connectivity index (χ1) is 6.20. The van der Waals surface area contributed by atoms with Gasteiger partial charge in [0.25, 0.3) is 0 Å². The van der Waals surface area contributed by atoms with Crippen LogP contribution in [0.3, 0.4) is 0 Å². The van der Waals surface area contributed by atoms with E-state index in [9.17, 15) is 4.79 Å². The summed E-state index contributed by atoms with van der Waals surface area (Å²) in [5.74, 6) is 0.545. The molecule has 1 fully saturated rings. The van der Waals surface area contributed by atoms with Gasteiger partial charge in [0, 0.05) is 12.6 Å². The van der Waals surface area contributed by atoms with Crippen LogP contribution in [-0.2, 0) is 4.74 Å². The van der Waals surface area contributed by atoms with E-state index in [2.05, 4.69) is 11.7 Å².